The minimum atomic E-state index is -1.59. The smallest absolute Gasteiger partial charge is 0.306 e. The standard InChI is InChI=1S/C61H118O10/c1-3-5-7-9-11-13-15-17-19-21-23-25-27-29-31-33-35-37-39-41-43-45-47-49-56(63)68-52-54(53-69-61-60(67)59(66)58(65)55(51-62)71-61)70-57(64)50-48-46-44-42-40-38-36-34-32-30-28-26-24-22-20-18-16-14-12-10-8-6-4-2/h54-55,58-62,65-67H,3-53H2,1-2H3. The highest BCUT2D eigenvalue weighted by atomic mass is 16.7. The Morgan fingerprint density at radius 1 is 0.380 bits per heavy atom. The van der Waals surface area contributed by atoms with E-state index in [1.807, 2.05) is 0 Å². The van der Waals surface area contributed by atoms with Crippen molar-refractivity contribution in [3.63, 3.8) is 0 Å². The van der Waals surface area contributed by atoms with Gasteiger partial charge in [0.25, 0.3) is 0 Å². The minimum Gasteiger partial charge on any atom is -0.462 e. The van der Waals surface area contributed by atoms with Crippen molar-refractivity contribution >= 4 is 11.9 Å². The largest absolute Gasteiger partial charge is 0.462 e. The van der Waals surface area contributed by atoms with Gasteiger partial charge in [0.1, 0.15) is 31.0 Å². The topological polar surface area (TPSA) is 152 Å². The summed E-state index contributed by atoms with van der Waals surface area (Å²) in [5.41, 5.74) is 0. The molecule has 0 spiro atoms. The highest BCUT2D eigenvalue weighted by molar-refractivity contribution is 5.70. The molecule has 0 aromatic rings. The summed E-state index contributed by atoms with van der Waals surface area (Å²) in [5.74, 6) is -0.779. The van der Waals surface area contributed by atoms with E-state index in [9.17, 15) is 30.0 Å². The summed E-state index contributed by atoms with van der Waals surface area (Å²) in [5, 5.41) is 40.4. The van der Waals surface area contributed by atoms with Crippen LogP contribution in [0, 0.1) is 0 Å². The van der Waals surface area contributed by atoms with Crippen molar-refractivity contribution < 1.29 is 49.0 Å². The summed E-state index contributed by atoms with van der Waals surface area (Å²) in [4.78, 5) is 25.6. The summed E-state index contributed by atoms with van der Waals surface area (Å²) in [6, 6.07) is 0. The number of ether oxygens (including phenoxy) is 4. The first-order valence-electron chi connectivity index (χ1n) is 31.1. The zero-order chi connectivity index (χ0) is 51.5. The van der Waals surface area contributed by atoms with E-state index in [-0.39, 0.29) is 32.0 Å². The molecule has 6 atom stereocenters. The lowest BCUT2D eigenvalue weighted by atomic mass is 9.99. The molecule has 6 unspecified atom stereocenters. The first-order valence-corrected chi connectivity index (χ1v) is 31.1. The van der Waals surface area contributed by atoms with Crippen LogP contribution in [0.25, 0.3) is 0 Å². The molecule has 0 bridgehead atoms. The molecular formula is C61H118O10. The molecule has 1 rings (SSSR count). The number of aliphatic hydroxyl groups excluding tert-OH is 4. The van der Waals surface area contributed by atoms with E-state index in [1.54, 1.807) is 0 Å². The second kappa shape index (κ2) is 52.2. The van der Waals surface area contributed by atoms with E-state index in [0.717, 1.165) is 32.1 Å². The zero-order valence-corrected chi connectivity index (χ0v) is 46.8. The van der Waals surface area contributed by atoms with Gasteiger partial charge in [0.05, 0.1) is 13.2 Å². The fourth-order valence-corrected chi connectivity index (χ4v) is 10.1. The molecule has 0 amide bonds. The van der Waals surface area contributed by atoms with Crippen LogP contribution in [0.1, 0.15) is 322 Å². The Bertz CT molecular complexity index is 1120. The van der Waals surface area contributed by atoms with Crippen LogP contribution in [0.4, 0.5) is 0 Å². The Kier molecular flexibility index (Phi) is 49.7. The summed E-state index contributed by atoms with van der Waals surface area (Å²) >= 11 is 0. The minimum absolute atomic E-state index is 0.208. The average Bonchev–Trinajstić information content (AvgIpc) is 3.37. The Morgan fingerprint density at radius 2 is 0.662 bits per heavy atom. The van der Waals surface area contributed by atoms with Crippen LogP contribution in [0.15, 0.2) is 0 Å². The van der Waals surface area contributed by atoms with Crippen LogP contribution in [-0.4, -0.2) is 89.0 Å². The van der Waals surface area contributed by atoms with Gasteiger partial charge in [-0.05, 0) is 12.8 Å². The van der Waals surface area contributed by atoms with Crippen LogP contribution in [-0.2, 0) is 28.5 Å². The first-order chi connectivity index (χ1) is 34.8. The number of carbonyl (C=O) groups is 2. The van der Waals surface area contributed by atoms with Gasteiger partial charge in [-0.1, -0.05) is 296 Å². The summed E-state index contributed by atoms with van der Waals surface area (Å²) in [7, 11) is 0. The molecule has 0 aliphatic carbocycles. The fraction of sp³-hybridized carbons (Fsp3) is 0.967. The normalized spacial score (nSPS) is 18.5. The van der Waals surface area contributed by atoms with E-state index < -0.39 is 49.4 Å². The first kappa shape index (κ1) is 67.7. The van der Waals surface area contributed by atoms with E-state index in [1.165, 1.54) is 257 Å². The van der Waals surface area contributed by atoms with Crippen molar-refractivity contribution in [3.05, 3.63) is 0 Å². The zero-order valence-electron chi connectivity index (χ0n) is 46.8. The Balaban J connectivity index is 2.15. The molecule has 1 aliphatic heterocycles. The number of rotatable bonds is 55. The van der Waals surface area contributed by atoms with Gasteiger partial charge in [-0.15, -0.1) is 0 Å². The van der Waals surface area contributed by atoms with Crippen LogP contribution in [0.5, 0.6) is 0 Å². The lowest BCUT2D eigenvalue weighted by Crippen LogP contribution is -2.59. The van der Waals surface area contributed by atoms with Crippen LogP contribution < -0.4 is 0 Å². The molecule has 1 saturated heterocycles. The molecule has 1 fully saturated rings. The molecule has 4 N–H and O–H groups in total. The molecule has 71 heavy (non-hydrogen) atoms. The van der Waals surface area contributed by atoms with E-state index in [4.69, 9.17) is 18.9 Å². The van der Waals surface area contributed by atoms with E-state index in [0.29, 0.717) is 6.42 Å². The SMILES string of the molecule is CCCCCCCCCCCCCCCCCCCCCCCCCC(=O)OCC(COC1OC(CO)C(O)C(O)C1O)OC(=O)CCCCCCCCCCCCCCCCCCCCCCCCC. The molecule has 0 saturated carbocycles. The van der Waals surface area contributed by atoms with E-state index in [2.05, 4.69) is 13.8 Å². The molecule has 1 aliphatic rings. The van der Waals surface area contributed by atoms with Crippen LogP contribution in [0.3, 0.4) is 0 Å². The molecule has 10 nitrogen and oxygen atoms in total. The lowest BCUT2D eigenvalue weighted by molar-refractivity contribution is -0.305. The number of hydrogen-bond donors (Lipinski definition) is 4. The highest BCUT2D eigenvalue weighted by Gasteiger charge is 2.44. The summed E-state index contributed by atoms with van der Waals surface area (Å²) < 4.78 is 22.4. The Hall–Kier alpha value is -1.30. The fourth-order valence-electron chi connectivity index (χ4n) is 10.1. The Labute approximate surface area is 438 Å². The second-order valence-corrected chi connectivity index (χ2v) is 21.9. The average molecular weight is 1010 g/mol. The van der Waals surface area contributed by atoms with Crippen molar-refractivity contribution in [2.45, 2.75) is 359 Å². The van der Waals surface area contributed by atoms with Gasteiger partial charge >= 0.3 is 11.9 Å². The maximum atomic E-state index is 12.9. The van der Waals surface area contributed by atoms with Gasteiger partial charge in [-0.3, -0.25) is 9.59 Å². The van der Waals surface area contributed by atoms with Gasteiger partial charge in [0.15, 0.2) is 12.4 Å². The monoisotopic (exact) mass is 1010 g/mol. The van der Waals surface area contributed by atoms with Gasteiger partial charge < -0.3 is 39.4 Å². The second-order valence-electron chi connectivity index (χ2n) is 21.9. The number of unbranched alkanes of at least 4 members (excludes halogenated alkanes) is 44. The third-order valence-electron chi connectivity index (χ3n) is 15.0. The van der Waals surface area contributed by atoms with Crippen molar-refractivity contribution in [1.29, 1.82) is 0 Å². The maximum absolute atomic E-state index is 12.9. The summed E-state index contributed by atoms with van der Waals surface area (Å²) in [6.07, 6.45) is 52.8. The van der Waals surface area contributed by atoms with Crippen LogP contribution in [0.2, 0.25) is 0 Å². The number of esters is 2. The van der Waals surface area contributed by atoms with Crippen molar-refractivity contribution in [2.75, 3.05) is 19.8 Å². The third kappa shape index (κ3) is 42.6. The van der Waals surface area contributed by atoms with Gasteiger partial charge in [-0.2, -0.15) is 0 Å². The maximum Gasteiger partial charge on any atom is 0.306 e. The molecule has 10 heteroatoms. The van der Waals surface area contributed by atoms with Gasteiger partial charge in [0, 0.05) is 12.8 Å². The van der Waals surface area contributed by atoms with E-state index >= 15 is 0 Å². The molecular weight excluding hydrogens is 893 g/mol. The molecule has 422 valence electrons. The third-order valence-corrected chi connectivity index (χ3v) is 15.0. The molecule has 0 aromatic heterocycles. The predicted octanol–water partition coefficient (Wildman–Crippen LogP) is 16.0. The number of carbonyl (C=O) groups excluding carboxylic acids is 2. The van der Waals surface area contributed by atoms with Crippen molar-refractivity contribution in [1.82, 2.24) is 0 Å². The summed E-state index contributed by atoms with van der Waals surface area (Å²) in [6.45, 7) is 3.51. The Morgan fingerprint density at radius 3 is 0.958 bits per heavy atom. The number of aliphatic hydroxyl groups is 4. The molecule has 1 heterocycles. The highest BCUT2D eigenvalue weighted by Crippen LogP contribution is 2.23. The quantitative estimate of drug-likeness (QED) is 0.0342. The van der Waals surface area contributed by atoms with Crippen molar-refractivity contribution in [3.8, 4) is 0 Å². The lowest BCUT2D eigenvalue weighted by Gasteiger charge is -2.39. The number of hydrogen-bond acceptors (Lipinski definition) is 10. The molecule has 0 aromatic carbocycles. The van der Waals surface area contributed by atoms with Gasteiger partial charge in [0.2, 0.25) is 0 Å². The van der Waals surface area contributed by atoms with Crippen molar-refractivity contribution in [2.24, 2.45) is 0 Å². The molecule has 0 radical (unpaired) electrons. The van der Waals surface area contributed by atoms with Crippen LogP contribution >= 0.6 is 0 Å². The van der Waals surface area contributed by atoms with Gasteiger partial charge in [-0.25, -0.2) is 0 Å². The predicted molar refractivity (Wildman–Crippen MR) is 294 cm³/mol.